The fourth-order valence-corrected chi connectivity index (χ4v) is 1.70. The van der Waals surface area contributed by atoms with E-state index < -0.39 is 11.7 Å². The highest BCUT2D eigenvalue weighted by molar-refractivity contribution is 5.94. The topological polar surface area (TPSA) is 51.1 Å². The Morgan fingerprint density at radius 3 is 2.84 bits per heavy atom. The van der Waals surface area contributed by atoms with Gasteiger partial charge >= 0.3 is 0 Å². The van der Waals surface area contributed by atoms with Crippen molar-refractivity contribution in [1.29, 1.82) is 0 Å². The van der Waals surface area contributed by atoms with Crippen molar-refractivity contribution >= 4 is 5.91 Å². The van der Waals surface area contributed by atoms with Crippen molar-refractivity contribution in [2.24, 2.45) is 7.05 Å². The molecule has 0 atom stereocenters. The Hall–Kier alpha value is -2.43. The Balaban J connectivity index is 2.09. The average Bonchev–Trinajstić information content (AvgIpc) is 2.40. The van der Waals surface area contributed by atoms with Gasteiger partial charge in [0.05, 0.1) is 0 Å². The van der Waals surface area contributed by atoms with Gasteiger partial charge in [0, 0.05) is 30.9 Å². The SMILES string of the molecule is Cn1cccc(CNC(=O)c2cccc(F)c2)c1=O. The molecule has 0 aliphatic carbocycles. The van der Waals surface area contributed by atoms with Crippen molar-refractivity contribution in [3.63, 3.8) is 0 Å². The predicted molar refractivity (Wildman–Crippen MR) is 69.3 cm³/mol. The molecule has 0 saturated carbocycles. The molecule has 0 radical (unpaired) electrons. The summed E-state index contributed by atoms with van der Waals surface area (Å²) in [6.45, 7) is 0.114. The van der Waals surface area contributed by atoms with Crippen LogP contribution in [0.5, 0.6) is 0 Å². The molecule has 1 amide bonds. The molecule has 0 unspecified atom stereocenters. The number of carbonyl (C=O) groups excluding carboxylic acids is 1. The van der Waals surface area contributed by atoms with E-state index in [1.165, 1.54) is 22.8 Å². The zero-order valence-corrected chi connectivity index (χ0v) is 10.4. The van der Waals surface area contributed by atoms with Crippen LogP contribution in [0, 0.1) is 5.82 Å². The number of halogens is 1. The maximum absolute atomic E-state index is 13.0. The smallest absolute Gasteiger partial charge is 0.255 e. The van der Waals surface area contributed by atoms with E-state index in [4.69, 9.17) is 0 Å². The van der Waals surface area contributed by atoms with E-state index in [-0.39, 0.29) is 17.7 Å². The molecule has 2 rings (SSSR count). The Morgan fingerprint density at radius 2 is 2.11 bits per heavy atom. The molecule has 1 aromatic heterocycles. The summed E-state index contributed by atoms with van der Waals surface area (Å²) in [4.78, 5) is 23.5. The fraction of sp³-hybridized carbons (Fsp3) is 0.143. The number of pyridine rings is 1. The first-order chi connectivity index (χ1) is 9.08. The largest absolute Gasteiger partial charge is 0.348 e. The zero-order valence-electron chi connectivity index (χ0n) is 10.4. The normalized spacial score (nSPS) is 10.2. The lowest BCUT2D eigenvalue weighted by molar-refractivity contribution is 0.0950. The van der Waals surface area contributed by atoms with Crippen molar-refractivity contribution in [3.05, 3.63) is 69.9 Å². The van der Waals surface area contributed by atoms with Gasteiger partial charge in [-0.1, -0.05) is 12.1 Å². The summed E-state index contributed by atoms with van der Waals surface area (Å²) in [5.74, 6) is -0.881. The van der Waals surface area contributed by atoms with Crippen LogP contribution in [0.4, 0.5) is 4.39 Å². The van der Waals surface area contributed by atoms with Gasteiger partial charge in [0.1, 0.15) is 5.82 Å². The number of carbonyl (C=O) groups is 1. The van der Waals surface area contributed by atoms with Gasteiger partial charge in [-0.25, -0.2) is 4.39 Å². The van der Waals surface area contributed by atoms with Gasteiger partial charge in [0.2, 0.25) is 0 Å². The van der Waals surface area contributed by atoms with E-state index in [9.17, 15) is 14.0 Å². The molecule has 1 N–H and O–H groups in total. The van der Waals surface area contributed by atoms with Crippen LogP contribution >= 0.6 is 0 Å². The molecule has 0 fully saturated rings. The summed E-state index contributed by atoms with van der Waals surface area (Å²) < 4.78 is 14.4. The van der Waals surface area contributed by atoms with E-state index in [1.807, 2.05) is 0 Å². The molecule has 0 saturated heterocycles. The standard InChI is InChI=1S/C14H13FN2O2/c1-17-7-3-5-11(14(17)19)9-16-13(18)10-4-2-6-12(15)8-10/h2-8H,9H2,1H3,(H,16,18). The summed E-state index contributed by atoms with van der Waals surface area (Å²) in [7, 11) is 1.64. The van der Waals surface area contributed by atoms with Crippen LogP contribution in [0.3, 0.4) is 0 Å². The highest BCUT2D eigenvalue weighted by atomic mass is 19.1. The predicted octanol–water partition coefficient (Wildman–Crippen LogP) is 1.45. The number of aryl methyl sites for hydroxylation is 1. The summed E-state index contributed by atoms with van der Waals surface area (Å²) in [5, 5.41) is 2.59. The molecular weight excluding hydrogens is 247 g/mol. The second kappa shape index (κ2) is 5.48. The molecule has 0 spiro atoms. The maximum atomic E-state index is 13.0. The summed E-state index contributed by atoms with van der Waals surface area (Å²) in [5.41, 5.74) is 0.546. The third kappa shape index (κ3) is 3.07. The summed E-state index contributed by atoms with van der Waals surface area (Å²) in [6, 6.07) is 8.77. The van der Waals surface area contributed by atoms with Crippen LogP contribution in [-0.2, 0) is 13.6 Å². The van der Waals surface area contributed by atoms with Crippen LogP contribution in [0.2, 0.25) is 0 Å². The minimum absolute atomic E-state index is 0.114. The van der Waals surface area contributed by atoms with Gasteiger partial charge in [-0.2, -0.15) is 0 Å². The van der Waals surface area contributed by atoms with Gasteiger partial charge in [-0.05, 0) is 24.3 Å². The monoisotopic (exact) mass is 260 g/mol. The molecule has 1 heterocycles. The first-order valence-corrected chi connectivity index (χ1v) is 5.76. The van der Waals surface area contributed by atoms with Gasteiger partial charge in [0.15, 0.2) is 0 Å². The number of nitrogens with one attached hydrogen (secondary N) is 1. The quantitative estimate of drug-likeness (QED) is 0.908. The molecule has 98 valence electrons. The van der Waals surface area contributed by atoms with E-state index in [0.29, 0.717) is 5.56 Å². The van der Waals surface area contributed by atoms with Crippen molar-refractivity contribution in [3.8, 4) is 0 Å². The lowest BCUT2D eigenvalue weighted by atomic mass is 10.2. The van der Waals surface area contributed by atoms with E-state index in [1.54, 1.807) is 25.4 Å². The first-order valence-electron chi connectivity index (χ1n) is 5.76. The second-order valence-electron chi connectivity index (χ2n) is 4.14. The third-order valence-corrected chi connectivity index (χ3v) is 2.73. The molecule has 0 bridgehead atoms. The minimum Gasteiger partial charge on any atom is -0.348 e. The van der Waals surface area contributed by atoms with Gasteiger partial charge in [-0.3, -0.25) is 9.59 Å². The van der Waals surface area contributed by atoms with Crippen LogP contribution in [0.1, 0.15) is 15.9 Å². The summed E-state index contributed by atoms with van der Waals surface area (Å²) in [6.07, 6.45) is 1.64. The van der Waals surface area contributed by atoms with Crippen molar-refractivity contribution in [2.45, 2.75) is 6.54 Å². The molecule has 0 aliphatic heterocycles. The van der Waals surface area contributed by atoms with Gasteiger partial charge in [-0.15, -0.1) is 0 Å². The molecule has 2 aromatic rings. The lowest BCUT2D eigenvalue weighted by Crippen LogP contribution is -2.28. The Kier molecular flexibility index (Phi) is 3.75. The van der Waals surface area contributed by atoms with E-state index in [0.717, 1.165) is 6.07 Å². The fourth-order valence-electron chi connectivity index (χ4n) is 1.70. The number of aromatic nitrogens is 1. The number of rotatable bonds is 3. The average molecular weight is 260 g/mol. The highest BCUT2D eigenvalue weighted by Gasteiger charge is 2.07. The maximum Gasteiger partial charge on any atom is 0.255 e. The Bertz CT molecular complexity index is 664. The second-order valence-corrected chi connectivity index (χ2v) is 4.14. The number of amides is 1. The van der Waals surface area contributed by atoms with Crippen molar-refractivity contribution in [2.75, 3.05) is 0 Å². The number of benzene rings is 1. The molecular formula is C14H13FN2O2. The number of nitrogens with zero attached hydrogens (tertiary/aromatic N) is 1. The number of hydrogen-bond donors (Lipinski definition) is 1. The molecule has 1 aromatic carbocycles. The lowest BCUT2D eigenvalue weighted by Gasteiger charge is -2.06. The van der Waals surface area contributed by atoms with Crippen molar-refractivity contribution in [1.82, 2.24) is 9.88 Å². The zero-order chi connectivity index (χ0) is 13.8. The van der Waals surface area contributed by atoms with E-state index in [2.05, 4.69) is 5.32 Å². The molecule has 19 heavy (non-hydrogen) atoms. The van der Waals surface area contributed by atoms with Crippen LogP contribution in [0.25, 0.3) is 0 Å². The van der Waals surface area contributed by atoms with Crippen molar-refractivity contribution < 1.29 is 9.18 Å². The Morgan fingerprint density at radius 1 is 1.32 bits per heavy atom. The molecule has 5 heteroatoms. The van der Waals surface area contributed by atoms with Crippen LogP contribution in [0.15, 0.2) is 47.4 Å². The third-order valence-electron chi connectivity index (χ3n) is 2.73. The Labute approximate surface area is 109 Å². The minimum atomic E-state index is -0.469. The first kappa shape index (κ1) is 13.0. The highest BCUT2D eigenvalue weighted by Crippen LogP contribution is 2.03. The van der Waals surface area contributed by atoms with Crippen LogP contribution in [-0.4, -0.2) is 10.5 Å². The number of hydrogen-bond acceptors (Lipinski definition) is 2. The molecule has 0 aliphatic rings. The van der Waals surface area contributed by atoms with Crippen LogP contribution < -0.4 is 10.9 Å². The van der Waals surface area contributed by atoms with Gasteiger partial charge < -0.3 is 9.88 Å². The summed E-state index contributed by atoms with van der Waals surface area (Å²) >= 11 is 0. The molecule has 4 nitrogen and oxygen atoms in total. The van der Waals surface area contributed by atoms with Gasteiger partial charge in [0.25, 0.3) is 11.5 Å². The van der Waals surface area contributed by atoms with E-state index >= 15 is 0 Å².